The van der Waals surface area contributed by atoms with Crippen molar-refractivity contribution in [3.8, 4) is 0 Å². The predicted molar refractivity (Wildman–Crippen MR) is 56.6 cm³/mol. The molecule has 1 N–H and O–H groups in total. The fourth-order valence-corrected chi connectivity index (χ4v) is 4.01. The lowest BCUT2D eigenvalue weighted by molar-refractivity contribution is -0.175. The van der Waals surface area contributed by atoms with Gasteiger partial charge < -0.3 is 10.1 Å². The Kier molecular flexibility index (Phi) is 2.80. The Balaban J connectivity index is 1.39. The van der Waals surface area contributed by atoms with Crippen LogP contribution in [0.5, 0.6) is 0 Å². The van der Waals surface area contributed by atoms with E-state index in [0.29, 0.717) is 11.8 Å². The number of fused-ring (bicyclic) bond motifs is 5. The maximum Gasteiger partial charge on any atom is 0.411 e. The molecule has 3 nitrogen and oxygen atoms in total. The number of rotatable bonds is 4. The standard InChI is InChI=1S/C12H16F3NO2/c13-12(14,15)5-18-4-8(17)16-11-9-6-1-2-7(3-6)10(9)11/h6-7,9-11H,1-5H2,(H,16,17). The fourth-order valence-electron chi connectivity index (χ4n) is 4.01. The van der Waals surface area contributed by atoms with Crippen LogP contribution in [0.15, 0.2) is 0 Å². The van der Waals surface area contributed by atoms with Crippen LogP contribution in [0.4, 0.5) is 13.2 Å². The van der Waals surface area contributed by atoms with Crippen molar-refractivity contribution < 1.29 is 22.7 Å². The molecule has 4 unspecified atom stereocenters. The van der Waals surface area contributed by atoms with Crippen molar-refractivity contribution >= 4 is 5.91 Å². The average Bonchev–Trinajstić information content (AvgIpc) is 2.69. The molecule has 1 amide bonds. The molecule has 0 spiro atoms. The van der Waals surface area contributed by atoms with Gasteiger partial charge in [-0.15, -0.1) is 0 Å². The summed E-state index contributed by atoms with van der Waals surface area (Å²) in [7, 11) is 0. The summed E-state index contributed by atoms with van der Waals surface area (Å²) < 4.78 is 39.8. The number of carbonyl (C=O) groups excluding carboxylic acids is 1. The summed E-state index contributed by atoms with van der Waals surface area (Å²) in [5, 5.41) is 2.81. The highest BCUT2D eigenvalue weighted by molar-refractivity contribution is 5.78. The number of hydrogen-bond donors (Lipinski definition) is 1. The van der Waals surface area contributed by atoms with Gasteiger partial charge >= 0.3 is 6.18 Å². The second-order valence-corrected chi connectivity index (χ2v) is 5.69. The molecule has 3 fully saturated rings. The molecule has 0 aromatic rings. The predicted octanol–water partition coefficient (Wildman–Crippen LogP) is 1.73. The molecule has 0 heterocycles. The first-order valence-corrected chi connectivity index (χ1v) is 6.39. The molecule has 0 aromatic heterocycles. The minimum Gasteiger partial charge on any atom is -0.362 e. The molecule has 3 aliphatic rings. The first kappa shape index (κ1) is 12.3. The van der Waals surface area contributed by atoms with Crippen molar-refractivity contribution in [2.75, 3.05) is 13.2 Å². The largest absolute Gasteiger partial charge is 0.411 e. The van der Waals surface area contributed by atoms with Crippen molar-refractivity contribution in [2.24, 2.45) is 23.7 Å². The van der Waals surface area contributed by atoms with E-state index >= 15 is 0 Å². The number of hydrogen-bond acceptors (Lipinski definition) is 2. The Labute approximate surface area is 103 Å². The van der Waals surface area contributed by atoms with Gasteiger partial charge in [0.25, 0.3) is 0 Å². The van der Waals surface area contributed by atoms with Gasteiger partial charge in [0.15, 0.2) is 0 Å². The van der Waals surface area contributed by atoms with Crippen LogP contribution in [0, 0.1) is 23.7 Å². The Bertz CT molecular complexity index is 342. The van der Waals surface area contributed by atoms with Crippen LogP contribution in [-0.2, 0) is 9.53 Å². The van der Waals surface area contributed by atoms with Crippen LogP contribution in [-0.4, -0.2) is 31.3 Å². The second-order valence-electron chi connectivity index (χ2n) is 5.69. The molecule has 4 atom stereocenters. The van der Waals surface area contributed by atoms with Gasteiger partial charge in [-0.25, -0.2) is 0 Å². The van der Waals surface area contributed by atoms with Gasteiger partial charge in [-0.05, 0) is 42.9 Å². The molecule has 6 heteroatoms. The summed E-state index contributed by atoms with van der Waals surface area (Å²) in [6.07, 6.45) is -0.576. The Morgan fingerprint density at radius 2 is 1.83 bits per heavy atom. The van der Waals surface area contributed by atoms with Crippen LogP contribution < -0.4 is 5.32 Å². The van der Waals surface area contributed by atoms with Crippen molar-refractivity contribution in [1.29, 1.82) is 0 Å². The topological polar surface area (TPSA) is 38.3 Å². The SMILES string of the molecule is O=C(COCC(F)(F)F)NC1C2C3CCC(C3)C12. The zero-order valence-corrected chi connectivity index (χ0v) is 9.87. The Morgan fingerprint density at radius 1 is 1.22 bits per heavy atom. The van der Waals surface area contributed by atoms with Gasteiger partial charge in [-0.1, -0.05) is 0 Å². The van der Waals surface area contributed by atoms with Crippen molar-refractivity contribution in [2.45, 2.75) is 31.5 Å². The third-order valence-corrected chi connectivity index (χ3v) is 4.56. The van der Waals surface area contributed by atoms with E-state index < -0.39 is 25.3 Å². The molecule has 3 aliphatic carbocycles. The van der Waals surface area contributed by atoms with Gasteiger partial charge in [-0.2, -0.15) is 13.2 Å². The lowest BCUT2D eigenvalue weighted by Gasteiger charge is -2.11. The molecular formula is C12H16F3NO2. The van der Waals surface area contributed by atoms with E-state index in [0.717, 1.165) is 11.8 Å². The third kappa shape index (κ3) is 2.22. The molecule has 102 valence electrons. The number of nitrogens with one attached hydrogen (secondary N) is 1. The molecule has 2 bridgehead atoms. The summed E-state index contributed by atoms with van der Waals surface area (Å²) >= 11 is 0. The van der Waals surface area contributed by atoms with E-state index in [2.05, 4.69) is 10.1 Å². The van der Waals surface area contributed by atoms with Crippen LogP contribution in [0.3, 0.4) is 0 Å². The highest BCUT2D eigenvalue weighted by atomic mass is 19.4. The first-order valence-electron chi connectivity index (χ1n) is 6.39. The van der Waals surface area contributed by atoms with Gasteiger partial charge in [0, 0.05) is 6.04 Å². The van der Waals surface area contributed by atoms with E-state index in [1.165, 1.54) is 19.3 Å². The minimum absolute atomic E-state index is 0.207. The maximum atomic E-state index is 11.8. The fraction of sp³-hybridized carbons (Fsp3) is 0.917. The van der Waals surface area contributed by atoms with E-state index in [9.17, 15) is 18.0 Å². The number of carbonyl (C=O) groups is 1. The van der Waals surface area contributed by atoms with Gasteiger partial charge in [0.1, 0.15) is 13.2 Å². The van der Waals surface area contributed by atoms with Crippen LogP contribution in [0.1, 0.15) is 19.3 Å². The lowest BCUT2D eigenvalue weighted by Crippen LogP contribution is -2.34. The number of amides is 1. The van der Waals surface area contributed by atoms with Crippen molar-refractivity contribution in [1.82, 2.24) is 5.32 Å². The Morgan fingerprint density at radius 3 is 2.39 bits per heavy atom. The molecule has 0 aliphatic heterocycles. The molecule has 3 rings (SSSR count). The molecular weight excluding hydrogens is 247 g/mol. The zero-order chi connectivity index (χ0) is 12.9. The summed E-state index contributed by atoms with van der Waals surface area (Å²) in [5.41, 5.74) is 0. The minimum atomic E-state index is -4.37. The van der Waals surface area contributed by atoms with Crippen LogP contribution in [0.2, 0.25) is 0 Å². The van der Waals surface area contributed by atoms with Gasteiger partial charge in [-0.3, -0.25) is 4.79 Å². The zero-order valence-electron chi connectivity index (χ0n) is 9.87. The summed E-state index contributed by atoms with van der Waals surface area (Å²) in [4.78, 5) is 11.4. The summed E-state index contributed by atoms with van der Waals surface area (Å²) in [5.74, 6) is 2.24. The Hall–Kier alpha value is -0.780. The van der Waals surface area contributed by atoms with E-state index in [1.807, 2.05) is 0 Å². The monoisotopic (exact) mass is 263 g/mol. The smallest absolute Gasteiger partial charge is 0.362 e. The normalized spacial score (nSPS) is 40.7. The molecule has 0 saturated heterocycles. The third-order valence-electron chi connectivity index (χ3n) is 4.56. The number of alkyl halides is 3. The van der Waals surface area contributed by atoms with E-state index in [4.69, 9.17) is 0 Å². The first-order chi connectivity index (χ1) is 8.46. The van der Waals surface area contributed by atoms with E-state index in [1.54, 1.807) is 0 Å². The van der Waals surface area contributed by atoms with Crippen molar-refractivity contribution in [3.05, 3.63) is 0 Å². The lowest BCUT2D eigenvalue weighted by atomic mass is 10.0. The second kappa shape index (κ2) is 4.11. The highest BCUT2D eigenvalue weighted by Crippen LogP contribution is 2.65. The maximum absolute atomic E-state index is 11.8. The quantitative estimate of drug-likeness (QED) is 0.838. The van der Waals surface area contributed by atoms with Crippen molar-refractivity contribution in [3.63, 3.8) is 0 Å². The van der Waals surface area contributed by atoms with Crippen LogP contribution in [0.25, 0.3) is 0 Å². The summed E-state index contributed by atoms with van der Waals surface area (Å²) in [6, 6.07) is 0.207. The average molecular weight is 263 g/mol. The highest BCUT2D eigenvalue weighted by Gasteiger charge is 2.65. The number of halogens is 3. The van der Waals surface area contributed by atoms with Crippen LogP contribution >= 0.6 is 0 Å². The van der Waals surface area contributed by atoms with E-state index in [-0.39, 0.29) is 6.04 Å². The number of ether oxygens (including phenoxy) is 1. The van der Waals surface area contributed by atoms with Gasteiger partial charge in [0.05, 0.1) is 0 Å². The molecule has 18 heavy (non-hydrogen) atoms. The molecule has 0 aromatic carbocycles. The summed E-state index contributed by atoms with van der Waals surface area (Å²) in [6.45, 7) is -1.85. The van der Waals surface area contributed by atoms with Gasteiger partial charge in [0.2, 0.25) is 5.91 Å². The molecule has 3 saturated carbocycles. The molecule has 0 radical (unpaired) electrons.